The van der Waals surface area contributed by atoms with E-state index in [2.05, 4.69) is 10.2 Å². The Kier molecular flexibility index (Phi) is 6.19. The number of carbonyl (C=O) groups excluding carboxylic acids is 2. The smallest absolute Gasteiger partial charge is 0.246 e. The maximum Gasteiger partial charge on any atom is 0.246 e. The molecule has 2 aliphatic heterocycles. The first kappa shape index (κ1) is 21.4. The molecular formula is C26H29N5O2. The van der Waals surface area contributed by atoms with Crippen molar-refractivity contribution in [2.24, 2.45) is 5.92 Å². The van der Waals surface area contributed by atoms with E-state index in [1.165, 1.54) is 0 Å². The normalized spacial score (nSPS) is 19.9. The van der Waals surface area contributed by atoms with Crippen LogP contribution in [0.4, 0.5) is 0 Å². The summed E-state index contributed by atoms with van der Waals surface area (Å²) in [5.41, 5.74) is 1.85. The van der Waals surface area contributed by atoms with E-state index in [1.807, 2.05) is 75.0 Å². The number of amides is 2. The number of aromatic nitrogens is 3. The van der Waals surface area contributed by atoms with Crippen LogP contribution in [0.2, 0.25) is 0 Å². The number of fused-ring (bicyclic) bond motifs is 1. The Balaban J connectivity index is 1.17. The molecule has 1 unspecified atom stereocenters. The van der Waals surface area contributed by atoms with E-state index < -0.39 is 0 Å². The molecule has 0 N–H and O–H groups in total. The topological polar surface area (TPSA) is 70.8 Å². The van der Waals surface area contributed by atoms with Crippen LogP contribution in [-0.2, 0) is 9.59 Å². The lowest BCUT2D eigenvalue weighted by molar-refractivity contribution is -0.140. The molecule has 7 heteroatoms. The van der Waals surface area contributed by atoms with Crippen molar-refractivity contribution in [3.05, 3.63) is 72.2 Å². The van der Waals surface area contributed by atoms with E-state index >= 15 is 0 Å². The summed E-state index contributed by atoms with van der Waals surface area (Å²) in [4.78, 5) is 29.7. The van der Waals surface area contributed by atoms with Crippen LogP contribution in [0.3, 0.4) is 0 Å². The second kappa shape index (κ2) is 9.57. The van der Waals surface area contributed by atoms with Gasteiger partial charge in [-0.1, -0.05) is 36.4 Å². The number of likely N-dealkylation sites (tertiary alicyclic amines) is 2. The molecule has 2 saturated heterocycles. The van der Waals surface area contributed by atoms with E-state index in [0.717, 1.165) is 49.3 Å². The molecule has 0 bridgehead atoms. The first-order chi connectivity index (χ1) is 16.2. The van der Waals surface area contributed by atoms with Crippen molar-refractivity contribution in [3.8, 4) is 0 Å². The predicted octanol–water partition coefficient (Wildman–Crippen LogP) is 3.39. The molecule has 2 aromatic heterocycles. The Labute approximate surface area is 193 Å². The lowest BCUT2D eigenvalue weighted by Crippen LogP contribution is -2.46. The maximum atomic E-state index is 13.3. The second-order valence-corrected chi connectivity index (χ2v) is 8.95. The van der Waals surface area contributed by atoms with Crippen molar-refractivity contribution >= 4 is 23.5 Å². The third kappa shape index (κ3) is 4.67. The minimum Gasteiger partial charge on any atom is -0.342 e. The molecule has 0 radical (unpaired) electrons. The Hall–Kier alpha value is -3.48. The quantitative estimate of drug-likeness (QED) is 0.580. The molecule has 1 atom stereocenters. The van der Waals surface area contributed by atoms with Crippen LogP contribution < -0.4 is 0 Å². The predicted molar refractivity (Wildman–Crippen MR) is 126 cm³/mol. The van der Waals surface area contributed by atoms with Gasteiger partial charge < -0.3 is 9.80 Å². The van der Waals surface area contributed by atoms with Crippen LogP contribution in [0, 0.1) is 5.92 Å². The number of benzene rings is 1. The molecule has 2 fully saturated rings. The van der Waals surface area contributed by atoms with E-state index in [-0.39, 0.29) is 23.7 Å². The largest absolute Gasteiger partial charge is 0.342 e. The van der Waals surface area contributed by atoms with Gasteiger partial charge in [0.15, 0.2) is 5.65 Å². The van der Waals surface area contributed by atoms with Crippen LogP contribution in [0.15, 0.2) is 60.8 Å². The third-order valence-corrected chi connectivity index (χ3v) is 6.81. The molecule has 0 saturated carbocycles. The molecular weight excluding hydrogens is 414 g/mol. The minimum atomic E-state index is -0.0129. The number of hydrogen-bond donors (Lipinski definition) is 0. The zero-order valence-corrected chi connectivity index (χ0v) is 18.7. The molecule has 0 aliphatic carbocycles. The fourth-order valence-electron chi connectivity index (χ4n) is 4.97. The average Bonchev–Trinajstić information content (AvgIpc) is 3.32. The van der Waals surface area contributed by atoms with Gasteiger partial charge in [0.1, 0.15) is 5.82 Å². The van der Waals surface area contributed by atoms with Crippen molar-refractivity contribution in [1.82, 2.24) is 24.4 Å². The number of hydrogen-bond acceptors (Lipinski definition) is 4. The molecule has 33 heavy (non-hydrogen) atoms. The molecule has 2 amide bonds. The second-order valence-electron chi connectivity index (χ2n) is 8.95. The van der Waals surface area contributed by atoms with Gasteiger partial charge in [0.25, 0.3) is 0 Å². The molecule has 170 valence electrons. The van der Waals surface area contributed by atoms with Crippen molar-refractivity contribution in [3.63, 3.8) is 0 Å². The number of carbonyl (C=O) groups is 2. The summed E-state index contributed by atoms with van der Waals surface area (Å²) in [6, 6.07) is 15.7. The summed E-state index contributed by atoms with van der Waals surface area (Å²) in [5.74, 6) is 1.36. The minimum absolute atomic E-state index is 0.0129. The Bertz CT molecular complexity index is 1150. The summed E-state index contributed by atoms with van der Waals surface area (Å²) in [6.45, 7) is 2.74. The van der Waals surface area contributed by atoms with E-state index in [0.29, 0.717) is 19.6 Å². The van der Waals surface area contributed by atoms with Gasteiger partial charge in [0, 0.05) is 50.3 Å². The maximum absolute atomic E-state index is 13.3. The van der Waals surface area contributed by atoms with Gasteiger partial charge in [-0.2, -0.15) is 0 Å². The van der Waals surface area contributed by atoms with Gasteiger partial charge in [0.05, 0.1) is 0 Å². The van der Waals surface area contributed by atoms with Crippen molar-refractivity contribution < 1.29 is 9.59 Å². The zero-order valence-electron chi connectivity index (χ0n) is 18.7. The highest BCUT2D eigenvalue weighted by Gasteiger charge is 2.33. The molecule has 3 aromatic rings. The van der Waals surface area contributed by atoms with Crippen LogP contribution in [0.25, 0.3) is 11.7 Å². The average molecular weight is 444 g/mol. The van der Waals surface area contributed by atoms with Crippen molar-refractivity contribution in [1.29, 1.82) is 0 Å². The highest BCUT2D eigenvalue weighted by atomic mass is 16.2. The van der Waals surface area contributed by atoms with Crippen LogP contribution in [0.5, 0.6) is 0 Å². The fraction of sp³-hybridized carbons (Fsp3) is 0.385. The van der Waals surface area contributed by atoms with Crippen LogP contribution in [0.1, 0.15) is 43.0 Å². The Morgan fingerprint density at radius 3 is 2.48 bits per heavy atom. The van der Waals surface area contributed by atoms with E-state index in [9.17, 15) is 9.59 Å². The number of rotatable bonds is 4. The molecule has 4 heterocycles. The first-order valence-corrected chi connectivity index (χ1v) is 11.8. The SMILES string of the molecule is O=C(/C=C/c1ccccc1)N1CCC(C(=O)N2CCCC(c3nnc4ccccn34)C2)CC1. The number of nitrogens with zero attached hydrogens (tertiary/aromatic N) is 5. The Morgan fingerprint density at radius 1 is 0.879 bits per heavy atom. The van der Waals surface area contributed by atoms with E-state index in [1.54, 1.807) is 6.08 Å². The highest BCUT2D eigenvalue weighted by molar-refractivity contribution is 5.92. The number of pyridine rings is 1. The van der Waals surface area contributed by atoms with Gasteiger partial charge in [-0.15, -0.1) is 10.2 Å². The lowest BCUT2D eigenvalue weighted by Gasteiger charge is -2.37. The van der Waals surface area contributed by atoms with Gasteiger partial charge >= 0.3 is 0 Å². The van der Waals surface area contributed by atoms with Crippen LogP contribution in [-0.4, -0.2) is 62.4 Å². The summed E-state index contributed by atoms with van der Waals surface area (Å²) in [6.07, 6.45) is 8.90. The summed E-state index contributed by atoms with van der Waals surface area (Å²) in [7, 11) is 0. The van der Waals surface area contributed by atoms with Crippen molar-refractivity contribution in [2.45, 2.75) is 31.6 Å². The Morgan fingerprint density at radius 2 is 1.67 bits per heavy atom. The standard InChI is InChI=1S/C26H29N5O2/c32-24(12-11-20-7-2-1-3-8-20)29-17-13-21(14-18-29)26(33)30-15-6-9-22(19-30)25-28-27-23-10-4-5-16-31(23)25/h1-5,7-8,10-12,16,21-22H,6,9,13-15,17-19H2/b12-11+. The molecule has 1 aromatic carbocycles. The monoisotopic (exact) mass is 443 g/mol. The molecule has 0 spiro atoms. The summed E-state index contributed by atoms with van der Waals surface area (Å²) < 4.78 is 2.03. The number of piperidine rings is 2. The molecule has 7 nitrogen and oxygen atoms in total. The van der Waals surface area contributed by atoms with Crippen molar-refractivity contribution in [2.75, 3.05) is 26.2 Å². The van der Waals surface area contributed by atoms with Gasteiger partial charge in [-0.3, -0.25) is 14.0 Å². The van der Waals surface area contributed by atoms with Gasteiger partial charge in [0.2, 0.25) is 11.8 Å². The third-order valence-electron chi connectivity index (χ3n) is 6.81. The zero-order chi connectivity index (χ0) is 22.6. The van der Waals surface area contributed by atoms with E-state index in [4.69, 9.17) is 0 Å². The summed E-state index contributed by atoms with van der Waals surface area (Å²) >= 11 is 0. The highest BCUT2D eigenvalue weighted by Crippen LogP contribution is 2.29. The lowest BCUT2D eigenvalue weighted by atomic mass is 9.92. The molecule has 5 rings (SSSR count). The fourth-order valence-corrected chi connectivity index (χ4v) is 4.97. The molecule has 2 aliphatic rings. The van der Waals surface area contributed by atoms with Gasteiger partial charge in [-0.25, -0.2) is 0 Å². The first-order valence-electron chi connectivity index (χ1n) is 11.8. The van der Waals surface area contributed by atoms with Crippen LogP contribution >= 0.6 is 0 Å². The van der Waals surface area contributed by atoms with Gasteiger partial charge in [-0.05, 0) is 49.5 Å². The summed E-state index contributed by atoms with van der Waals surface area (Å²) in [5, 5.41) is 8.70.